The van der Waals surface area contributed by atoms with Gasteiger partial charge in [-0.1, -0.05) is 24.3 Å². The first-order valence-electron chi connectivity index (χ1n) is 8.56. The highest BCUT2D eigenvalue weighted by Crippen LogP contribution is 2.28. The minimum atomic E-state index is -0.836. The number of Topliss-reactive ketones (excluding diaryl/α,β-unsaturated/α-hetero) is 1. The van der Waals surface area contributed by atoms with Crippen LogP contribution in [0.25, 0.3) is 6.08 Å². The van der Waals surface area contributed by atoms with Crippen molar-refractivity contribution < 1.29 is 23.9 Å². The lowest BCUT2D eigenvalue weighted by Gasteiger charge is -2.18. The van der Waals surface area contributed by atoms with E-state index in [1.807, 2.05) is 0 Å². The Morgan fingerprint density at radius 3 is 2.52 bits per heavy atom. The molecule has 4 rings (SSSR count). The van der Waals surface area contributed by atoms with Gasteiger partial charge >= 0.3 is 5.97 Å². The molecule has 8 heteroatoms. The van der Waals surface area contributed by atoms with Crippen LogP contribution in [0, 0.1) is 0 Å². The number of carbonyl (C=O) groups is 3. The summed E-state index contributed by atoms with van der Waals surface area (Å²) >= 11 is 5.20. The molecule has 0 spiro atoms. The van der Waals surface area contributed by atoms with Gasteiger partial charge in [-0.3, -0.25) is 14.5 Å². The molecule has 7 nitrogen and oxygen atoms in total. The van der Waals surface area contributed by atoms with E-state index in [-0.39, 0.29) is 27.7 Å². The van der Waals surface area contributed by atoms with Crippen molar-refractivity contribution in [2.75, 3.05) is 7.11 Å². The number of methoxy groups -OCH3 is 1. The molecule has 2 aliphatic heterocycles. The third kappa shape index (κ3) is 3.41. The lowest BCUT2D eigenvalue weighted by Crippen LogP contribution is -2.31. The van der Waals surface area contributed by atoms with Crippen molar-refractivity contribution in [2.24, 2.45) is 0 Å². The summed E-state index contributed by atoms with van der Waals surface area (Å²) in [6, 6.07) is 13.5. The molecule has 1 amide bonds. The van der Waals surface area contributed by atoms with Crippen LogP contribution >= 0.6 is 12.2 Å². The molecule has 1 fully saturated rings. The molecule has 1 N–H and O–H groups in total. The van der Waals surface area contributed by atoms with Gasteiger partial charge in [0.2, 0.25) is 5.78 Å². The molecular weight excluding hydrogens is 392 g/mol. The van der Waals surface area contributed by atoms with Crippen LogP contribution < -0.4 is 14.8 Å². The first kappa shape index (κ1) is 18.6. The second-order valence-corrected chi connectivity index (χ2v) is 6.58. The van der Waals surface area contributed by atoms with Gasteiger partial charge in [0.25, 0.3) is 5.91 Å². The Kier molecular flexibility index (Phi) is 4.69. The number of hydrogen-bond acceptors (Lipinski definition) is 6. The molecule has 1 saturated heterocycles. The summed E-state index contributed by atoms with van der Waals surface area (Å²) < 4.78 is 10.3. The van der Waals surface area contributed by atoms with Gasteiger partial charge in [0.05, 0.1) is 12.7 Å². The topological polar surface area (TPSA) is 84.9 Å². The van der Waals surface area contributed by atoms with Gasteiger partial charge in [-0.15, -0.1) is 0 Å². The lowest BCUT2D eigenvalue weighted by molar-refractivity contribution is -0.130. The van der Waals surface area contributed by atoms with Crippen molar-refractivity contribution in [3.8, 4) is 11.5 Å². The van der Waals surface area contributed by atoms with Crippen molar-refractivity contribution in [1.82, 2.24) is 10.2 Å². The largest absolute Gasteiger partial charge is 0.497 e. The number of benzene rings is 2. The first-order valence-corrected chi connectivity index (χ1v) is 8.97. The highest BCUT2D eigenvalue weighted by Gasteiger charge is 2.35. The Bertz CT molecular complexity index is 1120. The standard InChI is InChI=1S/C21H14N2O5S/c1-27-13-8-6-12(7-9-13)10-16-19(25)23(21(29)22-16)11-15-18(24)14-4-2-3-5-17(14)28-20(15)26/h2-11H,1H3,(H,22,29)/b15-11-,16-10-. The van der Waals surface area contributed by atoms with Gasteiger partial charge in [0.1, 0.15) is 22.8 Å². The van der Waals surface area contributed by atoms with E-state index in [1.54, 1.807) is 55.7 Å². The van der Waals surface area contributed by atoms with Crippen molar-refractivity contribution in [1.29, 1.82) is 0 Å². The highest BCUT2D eigenvalue weighted by molar-refractivity contribution is 7.80. The number of rotatable bonds is 3. The predicted octanol–water partition coefficient (Wildman–Crippen LogP) is 2.44. The Balaban J connectivity index is 1.63. The number of amides is 1. The van der Waals surface area contributed by atoms with Crippen LogP contribution in [0.15, 0.2) is 66.0 Å². The Hall–Kier alpha value is -3.78. The minimum Gasteiger partial charge on any atom is -0.497 e. The van der Waals surface area contributed by atoms with Crippen LogP contribution in [0.1, 0.15) is 15.9 Å². The molecule has 0 saturated carbocycles. The number of hydrogen-bond donors (Lipinski definition) is 1. The second kappa shape index (κ2) is 7.33. The summed E-state index contributed by atoms with van der Waals surface area (Å²) in [5.74, 6) is -0.975. The smallest absolute Gasteiger partial charge is 0.349 e. The molecule has 0 radical (unpaired) electrons. The number of para-hydroxylation sites is 1. The van der Waals surface area contributed by atoms with Crippen molar-refractivity contribution in [3.05, 3.63) is 77.1 Å². The Labute approximate surface area is 171 Å². The molecule has 0 atom stereocenters. The van der Waals surface area contributed by atoms with Crippen LogP contribution in [-0.4, -0.2) is 34.8 Å². The Morgan fingerprint density at radius 2 is 1.79 bits per heavy atom. The maximum Gasteiger partial charge on any atom is 0.349 e. The van der Waals surface area contributed by atoms with E-state index in [1.165, 1.54) is 6.07 Å². The van der Waals surface area contributed by atoms with Crippen LogP contribution in [0.5, 0.6) is 11.5 Å². The fourth-order valence-corrected chi connectivity index (χ4v) is 3.15. The highest BCUT2D eigenvalue weighted by atomic mass is 32.1. The molecule has 0 aromatic heterocycles. The molecule has 2 aromatic carbocycles. The van der Waals surface area contributed by atoms with E-state index in [0.29, 0.717) is 5.75 Å². The van der Waals surface area contributed by atoms with Crippen LogP contribution in [0.3, 0.4) is 0 Å². The first-order chi connectivity index (χ1) is 14.0. The normalized spacial score (nSPS) is 18.7. The SMILES string of the molecule is COc1ccc(/C=C2\NC(=S)N(/C=C3\C(=O)Oc4ccccc4C3=O)C2=O)cc1. The van der Waals surface area contributed by atoms with Crippen molar-refractivity contribution >= 4 is 41.1 Å². The summed E-state index contributed by atoms with van der Waals surface area (Å²) in [4.78, 5) is 38.7. The van der Waals surface area contributed by atoms with E-state index >= 15 is 0 Å². The average molecular weight is 406 g/mol. The summed E-state index contributed by atoms with van der Waals surface area (Å²) in [5.41, 5.74) is 0.944. The molecule has 0 aliphatic carbocycles. The number of esters is 1. The molecule has 2 heterocycles. The summed E-state index contributed by atoms with van der Waals surface area (Å²) in [5, 5.41) is 2.86. The zero-order valence-electron chi connectivity index (χ0n) is 15.2. The van der Waals surface area contributed by atoms with E-state index in [9.17, 15) is 14.4 Å². The van der Waals surface area contributed by atoms with Crippen molar-refractivity contribution in [3.63, 3.8) is 0 Å². The Morgan fingerprint density at radius 1 is 1.07 bits per heavy atom. The van der Waals surface area contributed by atoms with Gasteiger partial charge in [-0.05, 0) is 48.1 Å². The number of nitrogens with one attached hydrogen (secondary N) is 1. The third-order valence-electron chi connectivity index (χ3n) is 4.39. The third-order valence-corrected chi connectivity index (χ3v) is 4.69. The maximum absolute atomic E-state index is 12.8. The van der Waals surface area contributed by atoms with Crippen LogP contribution in [-0.2, 0) is 9.59 Å². The molecule has 2 aliphatic rings. The number of carbonyl (C=O) groups excluding carboxylic acids is 3. The van der Waals surface area contributed by atoms with Crippen LogP contribution in [0.2, 0.25) is 0 Å². The summed E-state index contributed by atoms with van der Waals surface area (Å²) in [7, 11) is 1.56. The summed E-state index contributed by atoms with van der Waals surface area (Å²) in [6.45, 7) is 0. The monoisotopic (exact) mass is 406 g/mol. The van der Waals surface area contributed by atoms with E-state index in [4.69, 9.17) is 21.7 Å². The van der Waals surface area contributed by atoms with Gasteiger partial charge in [0, 0.05) is 6.20 Å². The predicted molar refractivity (Wildman–Crippen MR) is 108 cm³/mol. The fraction of sp³-hybridized carbons (Fsp3) is 0.0476. The zero-order valence-corrected chi connectivity index (χ0v) is 16.0. The van der Waals surface area contributed by atoms with E-state index < -0.39 is 17.7 Å². The van der Waals surface area contributed by atoms with Gasteiger partial charge < -0.3 is 14.8 Å². The molecule has 2 aromatic rings. The van der Waals surface area contributed by atoms with Crippen LogP contribution in [0.4, 0.5) is 0 Å². The van der Waals surface area contributed by atoms with Crippen molar-refractivity contribution in [2.45, 2.75) is 0 Å². The fourth-order valence-electron chi connectivity index (χ4n) is 2.91. The molecular formula is C21H14N2O5S. The quantitative estimate of drug-likeness (QED) is 0.276. The zero-order chi connectivity index (χ0) is 20.5. The minimum absolute atomic E-state index is 0.0571. The van der Waals surface area contributed by atoms with Gasteiger partial charge in [0.15, 0.2) is 5.11 Å². The number of ether oxygens (including phenoxy) is 2. The molecule has 144 valence electrons. The van der Waals surface area contributed by atoms with E-state index in [0.717, 1.165) is 16.7 Å². The average Bonchev–Trinajstić information content (AvgIpc) is 2.98. The second-order valence-electron chi connectivity index (χ2n) is 6.19. The number of nitrogens with zero attached hydrogens (tertiary/aromatic N) is 1. The number of ketones is 1. The van der Waals surface area contributed by atoms with Gasteiger partial charge in [-0.2, -0.15) is 0 Å². The molecule has 0 bridgehead atoms. The van der Waals surface area contributed by atoms with E-state index in [2.05, 4.69) is 5.32 Å². The number of fused-ring (bicyclic) bond motifs is 1. The lowest BCUT2D eigenvalue weighted by atomic mass is 10.0. The van der Waals surface area contributed by atoms with Gasteiger partial charge in [-0.25, -0.2) is 4.79 Å². The summed E-state index contributed by atoms with van der Waals surface area (Å²) in [6.07, 6.45) is 2.73. The maximum atomic E-state index is 12.8. The molecule has 29 heavy (non-hydrogen) atoms. The number of thiocarbonyl (C=S) groups is 1. The molecule has 0 unspecified atom stereocenters.